The number of hydrogen-bond acceptors (Lipinski definition) is 4. The smallest absolute Gasteiger partial charge is 0.311 e. The lowest BCUT2D eigenvalue weighted by Crippen LogP contribution is -2.39. The average molecular weight is 273 g/mol. The van der Waals surface area contributed by atoms with Crippen LogP contribution in [-0.4, -0.2) is 29.1 Å². The topological polar surface area (TPSA) is 77.2 Å². The molecule has 1 unspecified atom stereocenters. The van der Waals surface area contributed by atoms with E-state index in [1.807, 2.05) is 25.7 Å². The average Bonchev–Trinajstić information content (AvgIpc) is 2.85. The molecule has 0 amide bonds. The molecule has 1 aliphatic rings. The zero-order valence-corrected chi connectivity index (χ0v) is 12.1. The molecule has 2 heterocycles. The summed E-state index contributed by atoms with van der Waals surface area (Å²) in [6.07, 6.45) is 0.584. The predicted octanol–water partition coefficient (Wildman–Crippen LogP) is 2.20. The van der Waals surface area contributed by atoms with E-state index in [1.165, 1.54) is 0 Å². The maximum Gasteiger partial charge on any atom is 0.311 e. The molecule has 0 bridgehead atoms. The van der Waals surface area contributed by atoms with Gasteiger partial charge in [-0.2, -0.15) is 5.26 Å². The van der Waals surface area contributed by atoms with E-state index < -0.39 is 11.4 Å². The van der Waals surface area contributed by atoms with Crippen molar-refractivity contribution in [3.63, 3.8) is 0 Å². The molecule has 2 rings (SSSR count). The zero-order valence-electron chi connectivity index (χ0n) is 12.1. The standard InChI is InChI=1S/C15H19N3O2/c1-10(2)15(14(19)20)6-7-18(9-15)13-12(8-16)5-4-11(3)17-13/h4-5,10H,6-7,9H2,1-3H3,(H,19,20). The van der Waals surface area contributed by atoms with Crippen molar-refractivity contribution in [2.75, 3.05) is 18.0 Å². The minimum atomic E-state index is -0.763. The van der Waals surface area contributed by atoms with Crippen LogP contribution in [0, 0.1) is 29.6 Å². The molecule has 106 valence electrons. The van der Waals surface area contributed by atoms with Crippen molar-refractivity contribution in [1.29, 1.82) is 5.26 Å². The summed E-state index contributed by atoms with van der Waals surface area (Å²) in [4.78, 5) is 18.0. The summed E-state index contributed by atoms with van der Waals surface area (Å²) in [7, 11) is 0. The zero-order chi connectivity index (χ0) is 14.9. The first kappa shape index (κ1) is 14.3. The number of hydrogen-bond donors (Lipinski definition) is 1. The minimum absolute atomic E-state index is 0.0420. The fraction of sp³-hybridized carbons (Fsp3) is 0.533. The maximum atomic E-state index is 11.7. The lowest BCUT2D eigenvalue weighted by molar-refractivity contribution is -0.150. The van der Waals surface area contributed by atoms with E-state index in [1.54, 1.807) is 12.1 Å². The number of carbonyl (C=O) groups is 1. The molecule has 0 aromatic carbocycles. The molecule has 1 N–H and O–H groups in total. The Kier molecular flexibility index (Phi) is 3.67. The van der Waals surface area contributed by atoms with Gasteiger partial charge in [0.05, 0.1) is 11.0 Å². The van der Waals surface area contributed by atoms with Crippen LogP contribution in [0.3, 0.4) is 0 Å². The highest BCUT2D eigenvalue weighted by atomic mass is 16.4. The number of nitriles is 1. The molecule has 1 fully saturated rings. The van der Waals surface area contributed by atoms with Gasteiger partial charge in [-0.15, -0.1) is 0 Å². The summed E-state index contributed by atoms with van der Waals surface area (Å²) in [6, 6.07) is 5.67. The second kappa shape index (κ2) is 5.12. The van der Waals surface area contributed by atoms with Gasteiger partial charge in [0, 0.05) is 18.8 Å². The first-order valence-corrected chi connectivity index (χ1v) is 6.77. The lowest BCUT2D eigenvalue weighted by Gasteiger charge is -2.29. The van der Waals surface area contributed by atoms with E-state index in [9.17, 15) is 15.2 Å². The summed E-state index contributed by atoms with van der Waals surface area (Å²) in [5.41, 5.74) is 0.579. The Morgan fingerprint density at radius 2 is 2.25 bits per heavy atom. The van der Waals surface area contributed by atoms with Gasteiger partial charge < -0.3 is 10.0 Å². The second-order valence-corrected chi connectivity index (χ2v) is 5.72. The van der Waals surface area contributed by atoms with Crippen LogP contribution in [0.4, 0.5) is 5.82 Å². The molecule has 0 aliphatic carbocycles. The van der Waals surface area contributed by atoms with Gasteiger partial charge in [-0.1, -0.05) is 13.8 Å². The van der Waals surface area contributed by atoms with Crippen LogP contribution in [0.25, 0.3) is 0 Å². The molecule has 0 spiro atoms. The number of anilines is 1. The number of pyridine rings is 1. The number of aromatic nitrogens is 1. The minimum Gasteiger partial charge on any atom is -0.481 e. The molecule has 0 saturated carbocycles. The van der Waals surface area contributed by atoms with Gasteiger partial charge in [-0.05, 0) is 31.4 Å². The van der Waals surface area contributed by atoms with Crippen LogP contribution < -0.4 is 4.90 Å². The molecule has 1 aromatic heterocycles. The summed E-state index contributed by atoms with van der Waals surface area (Å²) in [5, 5.41) is 18.8. The first-order valence-electron chi connectivity index (χ1n) is 6.77. The van der Waals surface area contributed by atoms with Gasteiger partial charge in [0.25, 0.3) is 0 Å². The molecular formula is C15H19N3O2. The van der Waals surface area contributed by atoms with E-state index in [2.05, 4.69) is 11.1 Å². The second-order valence-electron chi connectivity index (χ2n) is 5.72. The van der Waals surface area contributed by atoms with Gasteiger partial charge in [0.2, 0.25) is 0 Å². The van der Waals surface area contributed by atoms with Crippen LogP contribution in [0.5, 0.6) is 0 Å². The molecule has 0 radical (unpaired) electrons. The van der Waals surface area contributed by atoms with Crippen LogP contribution in [-0.2, 0) is 4.79 Å². The van der Waals surface area contributed by atoms with Gasteiger partial charge in [-0.3, -0.25) is 4.79 Å². The fourth-order valence-electron chi connectivity index (χ4n) is 2.78. The Morgan fingerprint density at radius 1 is 1.55 bits per heavy atom. The Morgan fingerprint density at radius 3 is 2.75 bits per heavy atom. The number of nitrogens with zero attached hydrogens (tertiary/aromatic N) is 3. The van der Waals surface area contributed by atoms with Crippen molar-refractivity contribution >= 4 is 11.8 Å². The predicted molar refractivity (Wildman–Crippen MR) is 75.4 cm³/mol. The summed E-state index contributed by atoms with van der Waals surface area (Å²) < 4.78 is 0. The third kappa shape index (κ3) is 2.22. The molecule has 1 atom stereocenters. The van der Waals surface area contributed by atoms with E-state index in [0.717, 1.165) is 5.69 Å². The van der Waals surface area contributed by atoms with Crippen molar-refractivity contribution in [3.05, 3.63) is 23.4 Å². The van der Waals surface area contributed by atoms with Gasteiger partial charge >= 0.3 is 5.97 Å². The Balaban J connectivity index is 2.37. The van der Waals surface area contributed by atoms with E-state index in [-0.39, 0.29) is 5.92 Å². The summed E-state index contributed by atoms with van der Waals surface area (Å²) in [5.74, 6) is -0.113. The third-order valence-corrected chi connectivity index (χ3v) is 4.27. The van der Waals surface area contributed by atoms with Crippen LogP contribution in [0.1, 0.15) is 31.5 Å². The van der Waals surface area contributed by atoms with Crippen LogP contribution in [0.15, 0.2) is 12.1 Å². The monoisotopic (exact) mass is 273 g/mol. The highest BCUT2D eigenvalue weighted by molar-refractivity contribution is 5.77. The van der Waals surface area contributed by atoms with Crippen LogP contribution in [0.2, 0.25) is 0 Å². The SMILES string of the molecule is Cc1ccc(C#N)c(N2CCC(C(=O)O)(C(C)C)C2)n1. The van der Waals surface area contributed by atoms with Gasteiger partial charge in [0.1, 0.15) is 11.9 Å². The van der Waals surface area contributed by atoms with Crippen molar-refractivity contribution in [2.24, 2.45) is 11.3 Å². The molecule has 5 nitrogen and oxygen atoms in total. The number of carboxylic acids is 1. The Hall–Kier alpha value is -2.09. The van der Waals surface area contributed by atoms with E-state index in [4.69, 9.17) is 0 Å². The molecule has 5 heteroatoms. The molecule has 20 heavy (non-hydrogen) atoms. The molecule has 1 saturated heterocycles. The molecule has 1 aliphatic heterocycles. The number of aryl methyl sites for hydroxylation is 1. The van der Waals surface area contributed by atoms with E-state index in [0.29, 0.717) is 30.9 Å². The quantitative estimate of drug-likeness (QED) is 0.913. The molecule has 1 aromatic rings. The van der Waals surface area contributed by atoms with E-state index >= 15 is 0 Å². The van der Waals surface area contributed by atoms with Crippen LogP contribution >= 0.6 is 0 Å². The highest BCUT2D eigenvalue weighted by Gasteiger charge is 2.47. The highest BCUT2D eigenvalue weighted by Crippen LogP contribution is 2.40. The maximum absolute atomic E-state index is 11.7. The number of rotatable bonds is 3. The lowest BCUT2D eigenvalue weighted by atomic mass is 9.76. The third-order valence-electron chi connectivity index (χ3n) is 4.27. The Bertz CT molecular complexity index is 577. The van der Waals surface area contributed by atoms with Crippen molar-refractivity contribution in [2.45, 2.75) is 27.2 Å². The van der Waals surface area contributed by atoms with Gasteiger partial charge in [-0.25, -0.2) is 4.98 Å². The fourth-order valence-corrected chi connectivity index (χ4v) is 2.78. The van der Waals surface area contributed by atoms with Crippen molar-refractivity contribution < 1.29 is 9.90 Å². The number of carboxylic acid groups (broad SMARTS) is 1. The first-order chi connectivity index (χ1) is 9.40. The van der Waals surface area contributed by atoms with Crippen molar-refractivity contribution in [3.8, 4) is 6.07 Å². The normalized spacial score (nSPS) is 22.1. The van der Waals surface area contributed by atoms with Crippen molar-refractivity contribution in [1.82, 2.24) is 4.98 Å². The van der Waals surface area contributed by atoms with Gasteiger partial charge in [0.15, 0.2) is 0 Å². The number of aliphatic carboxylic acids is 1. The largest absolute Gasteiger partial charge is 0.481 e. The molecular weight excluding hydrogens is 254 g/mol. The summed E-state index contributed by atoms with van der Waals surface area (Å²) >= 11 is 0. The Labute approximate surface area is 118 Å². The summed E-state index contributed by atoms with van der Waals surface area (Å²) in [6.45, 7) is 6.77.